The minimum atomic E-state index is 0.0853. The summed E-state index contributed by atoms with van der Waals surface area (Å²) < 4.78 is 0. The number of rotatable bonds is 3. The molecule has 0 heterocycles. The van der Waals surface area contributed by atoms with Crippen LogP contribution in [0.2, 0.25) is 5.02 Å². The lowest BCUT2D eigenvalue weighted by Gasteiger charge is -2.04. The highest BCUT2D eigenvalue weighted by atomic mass is 35.5. The quantitative estimate of drug-likeness (QED) is 0.668. The maximum Gasteiger partial charge on any atom is 0.243 e. The van der Waals surface area contributed by atoms with Crippen LogP contribution in [0, 0.1) is 17.8 Å². The summed E-state index contributed by atoms with van der Waals surface area (Å²) in [5, 5.41) is 4.72. The molecule has 1 aromatic carbocycles. The van der Waals surface area contributed by atoms with Gasteiger partial charge in [0, 0.05) is 10.9 Å². The van der Waals surface area contributed by atoms with Gasteiger partial charge in [-0.3, -0.25) is 4.79 Å². The Balaban J connectivity index is 1.52. The van der Waals surface area contributed by atoms with Gasteiger partial charge in [0.1, 0.15) is 0 Å². The van der Waals surface area contributed by atoms with Crippen molar-refractivity contribution in [3.8, 4) is 0 Å². The fraction of sp³-hybridized carbons (Fsp3) is 0.467. The first-order valence-corrected chi connectivity index (χ1v) is 7.22. The Morgan fingerprint density at radius 3 is 2.47 bits per heavy atom. The number of benzene rings is 1. The SMILES string of the molecule is O=C(N/N=C/c1ccc(Cl)cc1)C1C2CCCCC21. The monoisotopic (exact) mass is 276 g/mol. The van der Waals surface area contributed by atoms with Crippen LogP contribution in [0.25, 0.3) is 0 Å². The molecule has 2 unspecified atom stereocenters. The first kappa shape index (κ1) is 12.7. The van der Waals surface area contributed by atoms with E-state index < -0.39 is 0 Å². The van der Waals surface area contributed by atoms with E-state index in [2.05, 4.69) is 10.5 Å². The Morgan fingerprint density at radius 1 is 1.21 bits per heavy atom. The number of hydrazone groups is 1. The van der Waals surface area contributed by atoms with Crippen molar-refractivity contribution in [3.05, 3.63) is 34.9 Å². The molecular weight excluding hydrogens is 260 g/mol. The normalized spacial score (nSPS) is 29.0. The summed E-state index contributed by atoms with van der Waals surface area (Å²) in [6.07, 6.45) is 6.63. The topological polar surface area (TPSA) is 41.5 Å². The molecule has 2 aliphatic carbocycles. The summed E-state index contributed by atoms with van der Waals surface area (Å²) in [5.41, 5.74) is 3.59. The van der Waals surface area contributed by atoms with Crippen LogP contribution in [-0.2, 0) is 4.79 Å². The molecule has 2 fully saturated rings. The molecule has 2 aliphatic rings. The first-order chi connectivity index (χ1) is 9.25. The number of carbonyl (C=O) groups is 1. The molecule has 1 N–H and O–H groups in total. The fourth-order valence-corrected chi connectivity index (χ4v) is 3.30. The smallest absolute Gasteiger partial charge is 0.243 e. The van der Waals surface area contributed by atoms with Gasteiger partial charge in [-0.2, -0.15) is 5.10 Å². The van der Waals surface area contributed by atoms with Crippen LogP contribution in [0.4, 0.5) is 0 Å². The van der Waals surface area contributed by atoms with Gasteiger partial charge in [0.25, 0.3) is 0 Å². The van der Waals surface area contributed by atoms with Gasteiger partial charge in [0.2, 0.25) is 5.91 Å². The Kier molecular flexibility index (Phi) is 3.56. The Hall–Kier alpha value is -1.35. The third kappa shape index (κ3) is 2.81. The maximum absolute atomic E-state index is 12.0. The second-order valence-electron chi connectivity index (χ2n) is 5.42. The standard InChI is InChI=1S/C15H17ClN2O/c16-11-7-5-10(6-8-11)9-17-18-15(19)14-12-3-1-2-4-13(12)14/h5-9,12-14H,1-4H2,(H,18,19)/b17-9+. The summed E-state index contributed by atoms with van der Waals surface area (Å²) in [4.78, 5) is 12.0. The number of amides is 1. The second-order valence-corrected chi connectivity index (χ2v) is 5.86. The average Bonchev–Trinajstić information content (AvgIpc) is 3.15. The van der Waals surface area contributed by atoms with Gasteiger partial charge in [0.05, 0.1) is 6.21 Å². The highest BCUT2D eigenvalue weighted by Crippen LogP contribution is 2.55. The molecule has 0 spiro atoms. The zero-order valence-corrected chi connectivity index (χ0v) is 11.4. The zero-order chi connectivity index (χ0) is 13.2. The molecule has 4 heteroatoms. The second kappa shape index (κ2) is 5.33. The molecule has 0 aliphatic heterocycles. The number of fused-ring (bicyclic) bond motifs is 1. The average molecular weight is 277 g/mol. The molecule has 3 rings (SSSR count). The van der Waals surface area contributed by atoms with Gasteiger partial charge in [-0.1, -0.05) is 36.6 Å². The predicted octanol–water partition coefficient (Wildman–Crippen LogP) is 3.23. The third-order valence-electron chi connectivity index (χ3n) is 4.22. The molecule has 1 amide bonds. The first-order valence-electron chi connectivity index (χ1n) is 6.84. The number of halogens is 1. The van der Waals surface area contributed by atoms with Gasteiger partial charge >= 0.3 is 0 Å². The van der Waals surface area contributed by atoms with Crippen LogP contribution >= 0.6 is 11.6 Å². The highest BCUT2D eigenvalue weighted by Gasteiger charge is 2.54. The van der Waals surface area contributed by atoms with Crippen LogP contribution in [0.5, 0.6) is 0 Å². The molecule has 0 radical (unpaired) electrons. The molecule has 1 aromatic rings. The van der Waals surface area contributed by atoms with E-state index in [1.54, 1.807) is 18.3 Å². The minimum absolute atomic E-state index is 0.0853. The van der Waals surface area contributed by atoms with E-state index in [4.69, 9.17) is 11.6 Å². The number of carbonyl (C=O) groups excluding carboxylic acids is 1. The van der Waals surface area contributed by atoms with E-state index in [0.717, 1.165) is 5.56 Å². The van der Waals surface area contributed by atoms with Crippen molar-refractivity contribution in [2.45, 2.75) is 25.7 Å². The van der Waals surface area contributed by atoms with Crippen molar-refractivity contribution in [2.24, 2.45) is 22.9 Å². The molecule has 2 atom stereocenters. The van der Waals surface area contributed by atoms with Crippen LogP contribution in [0.3, 0.4) is 0 Å². The maximum atomic E-state index is 12.0. The van der Waals surface area contributed by atoms with E-state index in [9.17, 15) is 4.79 Å². The summed E-state index contributed by atoms with van der Waals surface area (Å²) in [5.74, 6) is 1.55. The largest absolute Gasteiger partial charge is 0.273 e. The zero-order valence-electron chi connectivity index (χ0n) is 10.7. The van der Waals surface area contributed by atoms with E-state index in [1.165, 1.54) is 25.7 Å². The predicted molar refractivity (Wildman–Crippen MR) is 76.1 cm³/mol. The number of hydrogen-bond donors (Lipinski definition) is 1. The van der Waals surface area contributed by atoms with Gasteiger partial charge in [0.15, 0.2) is 0 Å². The Labute approximate surface area is 118 Å². The summed E-state index contributed by atoms with van der Waals surface area (Å²) >= 11 is 5.80. The molecule has 2 saturated carbocycles. The van der Waals surface area contributed by atoms with Crippen molar-refractivity contribution in [3.63, 3.8) is 0 Å². The van der Waals surface area contributed by atoms with Crippen LogP contribution in [0.15, 0.2) is 29.4 Å². The number of nitrogens with zero attached hydrogens (tertiary/aromatic N) is 1. The van der Waals surface area contributed by atoms with Gasteiger partial charge in [-0.25, -0.2) is 5.43 Å². The molecular formula is C15H17ClN2O. The lowest BCUT2D eigenvalue weighted by Crippen LogP contribution is -2.20. The summed E-state index contributed by atoms with van der Waals surface area (Å²) in [6.45, 7) is 0. The lowest BCUT2D eigenvalue weighted by atomic mass is 10.0. The summed E-state index contributed by atoms with van der Waals surface area (Å²) in [7, 11) is 0. The Morgan fingerprint density at radius 2 is 1.84 bits per heavy atom. The fourth-order valence-electron chi connectivity index (χ4n) is 3.18. The minimum Gasteiger partial charge on any atom is -0.273 e. The number of hydrogen-bond acceptors (Lipinski definition) is 2. The van der Waals surface area contributed by atoms with Crippen molar-refractivity contribution in [2.75, 3.05) is 0 Å². The molecule has 0 saturated heterocycles. The molecule has 0 aromatic heterocycles. The van der Waals surface area contributed by atoms with Crippen molar-refractivity contribution >= 4 is 23.7 Å². The van der Waals surface area contributed by atoms with E-state index in [1.807, 2.05) is 12.1 Å². The molecule has 0 bridgehead atoms. The molecule has 3 nitrogen and oxygen atoms in total. The van der Waals surface area contributed by atoms with Crippen LogP contribution in [-0.4, -0.2) is 12.1 Å². The highest BCUT2D eigenvalue weighted by molar-refractivity contribution is 6.30. The Bertz CT molecular complexity index is 485. The lowest BCUT2D eigenvalue weighted by molar-refractivity contribution is -0.122. The number of nitrogens with one attached hydrogen (secondary N) is 1. The van der Waals surface area contributed by atoms with Crippen molar-refractivity contribution in [1.82, 2.24) is 5.43 Å². The van der Waals surface area contributed by atoms with E-state index in [0.29, 0.717) is 16.9 Å². The van der Waals surface area contributed by atoms with Gasteiger partial charge in [-0.15, -0.1) is 0 Å². The van der Waals surface area contributed by atoms with Crippen LogP contribution < -0.4 is 5.43 Å². The third-order valence-corrected chi connectivity index (χ3v) is 4.47. The van der Waals surface area contributed by atoms with Gasteiger partial charge in [-0.05, 0) is 42.4 Å². The molecule has 100 valence electrons. The van der Waals surface area contributed by atoms with Gasteiger partial charge < -0.3 is 0 Å². The van der Waals surface area contributed by atoms with Crippen molar-refractivity contribution in [1.29, 1.82) is 0 Å². The summed E-state index contributed by atoms with van der Waals surface area (Å²) in [6, 6.07) is 7.35. The van der Waals surface area contributed by atoms with Crippen LogP contribution in [0.1, 0.15) is 31.2 Å². The van der Waals surface area contributed by atoms with E-state index in [-0.39, 0.29) is 11.8 Å². The molecule has 19 heavy (non-hydrogen) atoms. The van der Waals surface area contributed by atoms with Crippen molar-refractivity contribution < 1.29 is 4.79 Å². The van der Waals surface area contributed by atoms with E-state index >= 15 is 0 Å².